The van der Waals surface area contributed by atoms with Crippen LogP contribution >= 0.6 is 22.7 Å². The van der Waals surface area contributed by atoms with Gasteiger partial charge in [0.2, 0.25) is 10.3 Å². The van der Waals surface area contributed by atoms with Gasteiger partial charge >= 0.3 is 6.03 Å². The monoisotopic (exact) mass is 358 g/mol. The number of aromatic nitrogens is 2. The molecule has 2 aromatic heterocycles. The summed E-state index contributed by atoms with van der Waals surface area (Å²) in [6, 6.07) is 9.28. The molecule has 0 aliphatic carbocycles. The van der Waals surface area contributed by atoms with Crippen LogP contribution in [0.15, 0.2) is 36.4 Å². The third-order valence-electron chi connectivity index (χ3n) is 3.38. The van der Waals surface area contributed by atoms with Crippen molar-refractivity contribution in [3.05, 3.63) is 36.4 Å². The molecule has 120 valence electrons. The molecule has 0 unspecified atom stereocenters. The van der Waals surface area contributed by atoms with E-state index in [0.29, 0.717) is 21.3 Å². The lowest BCUT2D eigenvalue weighted by Gasteiger charge is -2.12. The Morgan fingerprint density at radius 1 is 0.917 bits per heavy atom. The summed E-state index contributed by atoms with van der Waals surface area (Å²) in [4.78, 5) is 21.8. The first kappa shape index (κ1) is 14.7. The quantitative estimate of drug-likeness (QED) is 0.507. The first-order valence-electron chi connectivity index (χ1n) is 6.81. The molecule has 0 aliphatic heterocycles. The van der Waals surface area contributed by atoms with Gasteiger partial charge in [-0.05, 0) is 24.3 Å². The molecule has 24 heavy (non-hydrogen) atoms. The van der Waals surface area contributed by atoms with Gasteiger partial charge in [0.05, 0.1) is 9.40 Å². The molecule has 0 bridgehead atoms. The fourth-order valence-electron chi connectivity index (χ4n) is 2.31. The Morgan fingerprint density at radius 2 is 1.38 bits per heavy atom. The highest BCUT2D eigenvalue weighted by molar-refractivity contribution is 7.24. The summed E-state index contributed by atoms with van der Waals surface area (Å²) in [7, 11) is 0. The molecule has 7 nitrogen and oxygen atoms in total. The minimum Gasteiger partial charge on any atom is -0.506 e. The van der Waals surface area contributed by atoms with Crippen LogP contribution in [0.3, 0.4) is 0 Å². The molecule has 4 rings (SSSR count). The number of aromatic hydroxyl groups is 2. The maximum atomic E-state index is 12.0. The second-order valence-corrected chi connectivity index (χ2v) is 6.93. The minimum atomic E-state index is -0.743. The van der Waals surface area contributed by atoms with Crippen LogP contribution in [-0.4, -0.2) is 26.2 Å². The number of thiazole rings is 2. The molecule has 0 aliphatic rings. The van der Waals surface area contributed by atoms with Gasteiger partial charge in [-0.15, -0.1) is 0 Å². The maximum Gasteiger partial charge on any atom is 0.327 e. The van der Waals surface area contributed by atoms with Crippen LogP contribution in [0.4, 0.5) is 15.1 Å². The second-order valence-electron chi connectivity index (χ2n) is 4.91. The molecule has 2 amide bonds. The fourth-order valence-corrected chi connectivity index (χ4v) is 4.35. The number of fused-ring (bicyclic) bond motifs is 2. The van der Waals surface area contributed by atoms with Crippen molar-refractivity contribution in [1.29, 1.82) is 0 Å². The van der Waals surface area contributed by atoms with E-state index in [2.05, 4.69) is 9.97 Å². The number of hydrogen-bond acceptors (Lipinski definition) is 7. The summed E-state index contributed by atoms with van der Waals surface area (Å²) < 4.78 is 1.44. The summed E-state index contributed by atoms with van der Waals surface area (Å²) in [5, 5.41) is 20.4. The molecule has 2 aromatic carbocycles. The van der Waals surface area contributed by atoms with E-state index in [1.54, 1.807) is 24.3 Å². The number of phenols is 2. The highest BCUT2D eigenvalue weighted by atomic mass is 32.1. The van der Waals surface area contributed by atoms with Crippen LogP contribution < -0.4 is 10.6 Å². The predicted octanol–water partition coefficient (Wildman–Crippen LogP) is 3.53. The number of hydrogen-bond donors (Lipinski definition) is 3. The van der Waals surface area contributed by atoms with E-state index in [9.17, 15) is 15.0 Å². The van der Waals surface area contributed by atoms with E-state index in [0.717, 1.165) is 9.40 Å². The number of amides is 2. The Morgan fingerprint density at radius 3 is 1.75 bits per heavy atom. The lowest BCUT2D eigenvalue weighted by molar-refractivity contribution is 0.256. The van der Waals surface area contributed by atoms with E-state index < -0.39 is 6.03 Å². The van der Waals surface area contributed by atoms with Crippen molar-refractivity contribution in [2.75, 3.05) is 4.90 Å². The topological polar surface area (TPSA) is 113 Å². The Labute approximate surface area is 143 Å². The predicted molar refractivity (Wildman–Crippen MR) is 94.3 cm³/mol. The Kier molecular flexibility index (Phi) is 3.25. The van der Waals surface area contributed by atoms with Gasteiger partial charge in [-0.2, -0.15) is 0 Å². The molecule has 4 aromatic rings. The van der Waals surface area contributed by atoms with Crippen LogP contribution in [0.1, 0.15) is 0 Å². The smallest absolute Gasteiger partial charge is 0.327 e. The first-order valence-corrected chi connectivity index (χ1v) is 8.44. The van der Waals surface area contributed by atoms with Gasteiger partial charge < -0.3 is 15.9 Å². The molecule has 0 atom stereocenters. The number of urea groups is 1. The molecule has 0 fully saturated rings. The van der Waals surface area contributed by atoms with Crippen molar-refractivity contribution in [3.63, 3.8) is 0 Å². The number of primary amides is 1. The van der Waals surface area contributed by atoms with E-state index in [1.165, 1.54) is 39.7 Å². The molecular formula is C15H10N4O3S2. The van der Waals surface area contributed by atoms with Gasteiger partial charge in [-0.1, -0.05) is 34.8 Å². The summed E-state index contributed by atoms with van der Waals surface area (Å²) in [5.74, 6) is 0.0581. The third kappa shape index (κ3) is 2.22. The van der Waals surface area contributed by atoms with Gasteiger partial charge in [-0.3, -0.25) is 0 Å². The largest absolute Gasteiger partial charge is 0.506 e. The number of benzene rings is 2. The molecular weight excluding hydrogens is 348 g/mol. The lowest BCUT2D eigenvalue weighted by atomic mass is 10.3. The average Bonchev–Trinajstić information content (AvgIpc) is 3.13. The molecule has 9 heteroatoms. The van der Waals surface area contributed by atoms with E-state index in [1.807, 2.05) is 0 Å². The highest BCUT2D eigenvalue weighted by Crippen LogP contribution is 2.40. The zero-order chi connectivity index (χ0) is 16.8. The van der Waals surface area contributed by atoms with E-state index >= 15 is 0 Å². The minimum absolute atomic E-state index is 0.0290. The van der Waals surface area contributed by atoms with E-state index in [-0.39, 0.29) is 11.5 Å². The van der Waals surface area contributed by atoms with Crippen molar-refractivity contribution in [2.45, 2.75) is 0 Å². The summed E-state index contributed by atoms with van der Waals surface area (Å²) in [5.41, 5.74) is 6.31. The van der Waals surface area contributed by atoms with Crippen LogP contribution in [0.5, 0.6) is 11.5 Å². The van der Waals surface area contributed by atoms with Crippen molar-refractivity contribution in [2.24, 2.45) is 5.73 Å². The van der Waals surface area contributed by atoms with Crippen molar-refractivity contribution < 1.29 is 15.0 Å². The first-order chi connectivity index (χ1) is 11.5. The number of carbonyl (C=O) groups excluding carboxylic acids is 1. The summed E-state index contributed by atoms with van der Waals surface area (Å²) in [6.45, 7) is 0. The number of nitrogens with zero attached hydrogens (tertiary/aromatic N) is 3. The molecule has 0 saturated carbocycles. The molecule has 0 spiro atoms. The van der Waals surface area contributed by atoms with Crippen LogP contribution in [0.2, 0.25) is 0 Å². The number of para-hydroxylation sites is 2. The highest BCUT2D eigenvalue weighted by Gasteiger charge is 2.24. The maximum absolute atomic E-state index is 12.0. The lowest BCUT2D eigenvalue weighted by Crippen LogP contribution is -2.31. The van der Waals surface area contributed by atoms with Gasteiger partial charge in [0.1, 0.15) is 22.5 Å². The van der Waals surface area contributed by atoms with Crippen molar-refractivity contribution >= 4 is 59.4 Å². The van der Waals surface area contributed by atoms with Gasteiger partial charge in [0, 0.05) is 0 Å². The van der Waals surface area contributed by atoms with Gasteiger partial charge in [0.15, 0.2) is 0 Å². The standard InChI is InChI=1S/C15H10N4O3S2/c16-13(22)19(14-17-11-7(20)3-1-5-9(11)23-14)15-18-12-8(21)4-2-6-10(12)24-15/h1-6,20-21H,(H2,16,22). The fraction of sp³-hybridized carbons (Fsp3) is 0. The van der Waals surface area contributed by atoms with Crippen molar-refractivity contribution in [3.8, 4) is 11.5 Å². The zero-order valence-corrected chi connectivity index (χ0v) is 13.6. The molecule has 4 N–H and O–H groups in total. The molecule has 2 heterocycles. The van der Waals surface area contributed by atoms with Crippen molar-refractivity contribution in [1.82, 2.24) is 9.97 Å². The Hall–Kier alpha value is -2.91. The third-order valence-corrected chi connectivity index (χ3v) is 5.39. The Bertz CT molecular complexity index is 1010. The normalized spacial score (nSPS) is 11.2. The molecule has 0 saturated heterocycles. The van der Waals surface area contributed by atoms with Crippen LogP contribution in [-0.2, 0) is 0 Å². The summed E-state index contributed by atoms with van der Waals surface area (Å²) in [6.07, 6.45) is 0. The van der Waals surface area contributed by atoms with Gasteiger partial charge in [-0.25, -0.2) is 19.7 Å². The average molecular weight is 358 g/mol. The number of phenolic OH excluding ortho intramolecular Hbond substituents is 2. The summed E-state index contributed by atoms with van der Waals surface area (Å²) >= 11 is 2.43. The number of rotatable bonds is 2. The van der Waals surface area contributed by atoms with Crippen LogP contribution in [0.25, 0.3) is 20.4 Å². The van der Waals surface area contributed by atoms with Crippen LogP contribution in [0, 0.1) is 0 Å². The zero-order valence-electron chi connectivity index (χ0n) is 12.0. The number of carbonyl (C=O) groups is 1. The number of nitrogens with two attached hydrogens (primary N) is 1. The van der Waals surface area contributed by atoms with E-state index in [4.69, 9.17) is 5.73 Å². The number of anilines is 2. The molecule has 0 radical (unpaired) electrons. The second kappa shape index (κ2) is 5.32. The Balaban J connectivity index is 1.90. The van der Waals surface area contributed by atoms with Gasteiger partial charge in [0.25, 0.3) is 0 Å². The SMILES string of the molecule is NC(=O)N(c1nc2c(O)cccc2s1)c1nc2c(O)cccc2s1.